The zero-order valence-electron chi connectivity index (χ0n) is 8.33. The van der Waals surface area contributed by atoms with E-state index in [9.17, 15) is 4.79 Å². The van der Waals surface area contributed by atoms with Gasteiger partial charge in [0, 0.05) is 0 Å². The van der Waals surface area contributed by atoms with Gasteiger partial charge in [-0.1, -0.05) is 11.6 Å². The summed E-state index contributed by atoms with van der Waals surface area (Å²) in [6.45, 7) is 0. The Morgan fingerprint density at radius 3 is 2.40 bits per heavy atom. The molecule has 0 spiro atoms. The highest BCUT2D eigenvalue weighted by Crippen LogP contribution is 2.40. The highest BCUT2D eigenvalue weighted by atomic mass is 35.5. The number of benzene rings is 1. The molecule has 0 aliphatic heterocycles. The van der Waals surface area contributed by atoms with Gasteiger partial charge in [-0.3, -0.25) is 4.79 Å². The Hall–Kier alpha value is -1.62. The van der Waals surface area contributed by atoms with E-state index in [4.69, 9.17) is 32.5 Å². The molecule has 0 radical (unpaired) electrons. The maximum atomic E-state index is 11.0. The minimum atomic E-state index is -0.671. The van der Waals surface area contributed by atoms with Crippen molar-refractivity contribution in [2.24, 2.45) is 5.73 Å². The van der Waals surface area contributed by atoms with Gasteiger partial charge < -0.3 is 20.9 Å². The van der Waals surface area contributed by atoms with Crippen LogP contribution in [-0.4, -0.2) is 20.1 Å². The van der Waals surface area contributed by atoms with Crippen molar-refractivity contribution in [2.75, 3.05) is 20.0 Å². The van der Waals surface area contributed by atoms with E-state index < -0.39 is 5.91 Å². The van der Waals surface area contributed by atoms with E-state index in [0.717, 1.165) is 0 Å². The summed E-state index contributed by atoms with van der Waals surface area (Å²) >= 11 is 5.89. The summed E-state index contributed by atoms with van der Waals surface area (Å²) in [5, 5.41) is 0.116. The van der Waals surface area contributed by atoms with Crippen LogP contribution in [-0.2, 0) is 0 Å². The molecule has 1 aromatic carbocycles. The molecule has 0 atom stereocenters. The van der Waals surface area contributed by atoms with Crippen molar-refractivity contribution in [3.8, 4) is 11.5 Å². The van der Waals surface area contributed by atoms with Crippen LogP contribution < -0.4 is 20.9 Å². The number of primary amides is 1. The van der Waals surface area contributed by atoms with E-state index >= 15 is 0 Å². The predicted octanol–water partition coefficient (Wildman–Crippen LogP) is 1.04. The lowest BCUT2D eigenvalue weighted by Crippen LogP contribution is -2.14. The Balaban J connectivity index is 3.49. The lowest BCUT2D eigenvalue weighted by atomic mass is 10.1. The van der Waals surface area contributed by atoms with E-state index in [0.29, 0.717) is 5.75 Å². The monoisotopic (exact) mass is 230 g/mol. The molecule has 15 heavy (non-hydrogen) atoms. The van der Waals surface area contributed by atoms with E-state index in [-0.39, 0.29) is 22.0 Å². The van der Waals surface area contributed by atoms with Crippen LogP contribution in [0.5, 0.6) is 11.5 Å². The summed E-state index contributed by atoms with van der Waals surface area (Å²) in [5.41, 5.74) is 10.9. The first-order valence-corrected chi connectivity index (χ1v) is 4.40. The third-order valence-corrected chi connectivity index (χ3v) is 2.29. The average molecular weight is 231 g/mol. The quantitative estimate of drug-likeness (QED) is 0.760. The lowest BCUT2D eigenvalue weighted by molar-refractivity contribution is 0.100. The summed E-state index contributed by atoms with van der Waals surface area (Å²) in [7, 11) is 2.85. The SMILES string of the molecule is COc1cc(C(N)=O)c(N)c(Cl)c1OC. The first-order chi connectivity index (χ1) is 7.02. The summed E-state index contributed by atoms with van der Waals surface area (Å²) in [6, 6.07) is 1.39. The number of nitrogen functional groups attached to an aromatic ring is 1. The third kappa shape index (κ3) is 1.92. The first-order valence-electron chi connectivity index (χ1n) is 4.02. The molecule has 0 saturated heterocycles. The Morgan fingerprint density at radius 2 is 2.00 bits per heavy atom. The molecule has 0 aromatic heterocycles. The molecule has 1 rings (SSSR count). The minimum Gasteiger partial charge on any atom is -0.493 e. The molecule has 1 amide bonds. The van der Waals surface area contributed by atoms with Gasteiger partial charge in [-0.05, 0) is 6.07 Å². The number of hydrogen-bond acceptors (Lipinski definition) is 4. The van der Waals surface area contributed by atoms with E-state index in [1.54, 1.807) is 0 Å². The number of nitrogens with two attached hydrogens (primary N) is 2. The maximum Gasteiger partial charge on any atom is 0.250 e. The number of halogens is 1. The number of ether oxygens (including phenoxy) is 2. The van der Waals surface area contributed by atoms with Crippen LogP contribution in [0.15, 0.2) is 6.07 Å². The molecular weight excluding hydrogens is 220 g/mol. The highest BCUT2D eigenvalue weighted by Gasteiger charge is 2.18. The van der Waals surface area contributed by atoms with Crippen molar-refractivity contribution in [2.45, 2.75) is 0 Å². The number of amides is 1. The second-order valence-corrected chi connectivity index (χ2v) is 3.13. The van der Waals surface area contributed by atoms with Gasteiger partial charge in [-0.25, -0.2) is 0 Å². The molecule has 4 N–H and O–H groups in total. The van der Waals surface area contributed by atoms with E-state index in [2.05, 4.69) is 0 Å². The van der Waals surface area contributed by atoms with Crippen molar-refractivity contribution in [3.63, 3.8) is 0 Å². The maximum absolute atomic E-state index is 11.0. The number of methoxy groups -OCH3 is 2. The normalized spacial score (nSPS) is 9.80. The molecule has 0 bridgehead atoms. The van der Waals surface area contributed by atoms with E-state index in [1.807, 2.05) is 0 Å². The number of anilines is 1. The summed E-state index contributed by atoms with van der Waals surface area (Å²) < 4.78 is 9.98. The van der Waals surface area contributed by atoms with Crippen LogP contribution in [0, 0.1) is 0 Å². The van der Waals surface area contributed by atoms with Crippen LogP contribution in [0.4, 0.5) is 5.69 Å². The van der Waals surface area contributed by atoms with Gasteiger partial charge in [0.05, 0.1) is 25.5 Å². The Morgan fingerprint density at radius 1 is 1.40 bits per heavy atom. The molecule has 0 aliphatic rings. The molecule has 0 aliphatic carbocycles. The Kier molecular flexibility index (Phi) is 3.26. The Bertz CT molecular complexity index is 407. The van der Waals surface area contributed by atoms with Gasteiger partial charge in [-0.2, -0.15) is 0 Å². The molecule has 0 heterocycles. The lowest BCUT2D eigenvalue weighted by Gasteiger charge is -2.13. The number of carbonyl (C=O) groups is 1. The van der Waals surface area contributed by atoms with Crippen molar-refractivity contribution in [3.05, 3.63) is 16.7 Å². The topological polar surface area (TPSA) is 87.6 Å². The number of carbonyl (C=O) groups excluding carboxylic acids is 1. The smallest absolute Gasteiger partial charge is 0.250 e. The van der Waals surface area contributed by atoms with Gasteiger partial charge in [0.2, 0.25) is 0 Å². The van der Waals surface area contributed by atoms with Gasteiger partial charge in [0.1, 0.15) is 5.02 Å². The Labute approximate surface area is 91.9 Å². The van der Waals surface area contributed by atoms with Gasteiger partial charge >= 0.3 is 0 Å². The fraction of sp³-hybridized carbons (Fsp3) is 0.222. The van der Waals surface area contributed by atoms with Crippen LogP contribution in [0.3, 0.4) is 0 Å². The number of rotatable bonds is 3. The number of hydrogen-bond donors (Lipinski definition) is 2. The van der Waals surface area contributed by atoms with Crippen LogP contribution in [0.2, 0.25) is 5.02 Å². The van der Waals surface area contributed by atoms with Crippen molar-refractivity contribution >= 4 is 23.2 Å². The van der Waals surface area contributed by atoms with Crippen molar-refractivity contribution in [1.82, 2.24) is 0 Å². The zero-order chi connectivity index (χ0) is 11.6. The highest BCUT2D eigenvalue weighted by molar-refractivity contribution is 6.35. The fourth-order valence-electron chi connectivity index (χ4n) is 1.17. The predicted molar refractivity (Wildman–Crippen MR) is 57.5 cm³/mol. The minimum absolute atomic E-state index is 0.0850. The van der Waals surface area contributed by atoms with Crippen LogP contribution >= 0.6 is 11.6 Å². The van der Waals surface area contributed by atoms with E-state index in [1.165, 1.54) is 20.3 Å². The summed E-state index contributed by atoms with van der Waals surface area (Å²) in [6.07, 6.45) is 0. The second-order valence-electron chi connectivity index (χ2n) is 2.75. The summed E-state index contributed by atoms with van der Waals surface area (Å²) in [5.74, 6) is -0.0810. The van der Waals surface area contributed by atoms with Crippen molar-refractivity contribution in [1.29, 1.82) is 0 Å². The largest absolute Gasteiger partial charge is 0.493 e. The molecule has 1 aromatic rings. The van der Waals surface area contributed by atoms with Gasteiger partial charge in [0.25, 0.3) is 5.91 Å². The van der Waals surface area contributed by atoms with Gasteiger partial charge in [-0.15, -0.1) is 0 Å². The first kappa shape index (κ1) is 11.5. The average Bonchev–Trinajstić information content (AvgIpc) is 2.21. The molecule has 6 heteroatoms. The molecule has 0 fully saturated rings. The van der Waals surface area contributed by atoms with Crippen LogP contribution in [0.1, 0.15) is 10.4 Å². The molecule has 5 nitrogen and oxygen atoms in total. The summed E-state index contributed by atoms with van der Waals surface area (Å²) in [4.78, 5) is 11.0. The fourth-order valence-corrected chi connectivity index (χ4v) is 1.44. The molecule has 82 valence electrons. The second kappa shape index (κ2) is 4.27. The van der Waals surface area contributed by atoms with Gasteiger partial charge in [0.15, 0.2) is 11.5 Å². The zero-order valence-corrected chi connectivity index (χ0v) is 9.09. The standard InChI is InChI=1S/C9H11ClN2O3/c1-14-5-3-4(9(12)13)7(11)6(10)8(5)15-2/h3H,11H2,1-2H3,(H2,12,13). The molecular formula is C9H11ClN2O3. The van der Waals surface area contributed by atoms with Crippen LogP contribution in [0.25, 0.3) is 0 Å². The molecule has 0 unspecified atom stereocenters. The molecule has 0 saturated carbocycles. The van der Waals surface area contributed by atoms with Crippen molar-refractivity contribution < 1.29 is 14.3 Å². The third-order valence-electron chi connectivity index (χ3n) is 1.91.